The first kappa shape index (κ1) is 26.8. The minimum Gasteiger partial charge on any atom is -0.475 e. The van der Waals surface area contributed by atoms with Gasteiger partial charge in [-0.25, -0.2) is 14.8 Å². The molecule has 1 aliphatic rings. The Bertz CT molecular complexity index is 1330. The number of hydrogen-bond donors (Lipinski definition) is 3. The summed E-state index contributed by atoms with van der Waals surface area (Å²) in [5, 5.41) is 16.7. The van der Waals surface area contributed by atoms with E-state index < -0.39 is 12.1 Å². The van der Waals surface area contributed by atoms with Crippen molar-refractivity contribution in [1.29, 1.82) is 0 Å². The Morgan fingerprint density at radius 3 is 2.42 bits per heavy atom. The number of ether oxygens (including phenoxy) is 1. The number of alkyl halides is 3. The number of hydrogen-bond acceptors (Lipinski definition) is 9. The van der Waals surface area contributed by atoms with E-state index >= 15 is 0 Å². The molecule has 1 saturated heterocycles. The van der Waals surface area contributed by atoms with E-state index in [2.05, 4.69) is 54.8 Å². The largest absolute Gasteiger partial charge is 0.490 e. The Hall–Kier alpha value is -4.23. The SMILES string of the molecule is O=C(O)C(F)(F)F.c1cncc(-c2csc(Nc3ccnc(Nc4ccc(N5CCOCC5)cc4)c3)n2)c1. The van der Waals surface area contributed by atoms with Gasteiger partial charge in [-0.15, -0.1) is 11.3 Å². The number of aliphatic carboxylic acids is 1. The van der Waals surface area contributed by atoms with Gasteiger partial charge < -0.3 is 25.4 Å². The summed E-state index contributed by atoms with van der Waals surface area (Å²) in [5.74, 6) is -1.99. The molecule has 0 unspecified atom stereocenters. The molecule has 1 aromatic carbocycles. The fraction of sp³-hybridized carbons (Fsp3) is 0.200. The van der Waals surface area contributed by atoms with Crippen LogP contribution in [0.5, 0.6) is 0 Å². The molecule has 38 heavy (non-hydrogen) atoms. The number of aromatic nitrogens is 3. The van der Waals surface area contributed by atoms with Gasteiger partial charge in [-0.3, -0.25) is 4.98 Å². The number of benzene rings is 1. The third-order valence-corrected chi connectivity index (χ3v) is 5.99. The van der Waals surface area contributed by atoms with Crippen LogP contribution in [0.2, 0.25) is 0 Å². The Morgan fingerprint density at radius 2 is 1.76 bits per heavy atom. The van der Waals surface area contributed by atoms with Crippen molar-refractivity contribution in [2.24, 2.45) is 0 Å². The van der Waals surface area contributed by atoms with E-state index in [1.807, 2.05) is 35.8 Å². The summed E-state index contributed by atoms with van der Waals surface area (Å²) in [6.07, 6.45) is 0.275. The first-order chi connectivity index (χ1) is 18.3. The van der Waals surface area contributed by atoms with Crippen LogP contribution in [0.3, 0.4) is 0 Å². The van der Waals surface area contributed by atoms with Crippen LogP contribution in [0.1, 0.15) is 0 Å². The summed E-state index contributed by atoms with van der Waals surface area (Å²) < 4.78 is 37.2. The number of carbonyl (C=O) groups is 1. The molecular formula is C25H23F3N6O3S. The maximum atomic E-state index is 10.6. The van der Waals surface area contributed by atoms with Gasteiger partial charge in [0.15, 0.2) is 5.13 Å². The van der Waals surface area contributed by atoms with Gasteiger partial charge in [0.25, 0.3) is 0 Å². The molecule has 9 nitrogen and oxygen atoms in total. The van der Waals surface area contributed by atoms with Gasteiger partial charge in [0.2, 0.25) is 0 Å². The lowest BCUT2D eigenvalue weighted by Crippen LogP contribution is -2.36. The number of anilines is 5. The first-order valence-corrected chi connectivity index (χ1v) is 12.2. The van der Waals surface area contributed by atoms with Crippen LogP contribution < -0.4 is 15.5 Å². The molecule has 0 radical (unpaired) electrons. The summed E-state index contributed by atoms with van der Waals surface area (Å²) in [6.45, 7) is 3.43. The van der Waals surface area contributed by atoms with Crippen molar-refractivity contribution in [2.45, 2.75) is 6.18 Å². The number of nitrogens with one attached hydrogen (secondary N) is 2. The molecule has 0 aliphatic carbocycles. The van der Waals surface area contributed by atoms with Gasteiger partial charge >= 0.3 is 12.1 Å². The Morgan fingerprint density at radius 1 is 1.03 bits per heavy atom. The molecule has 1 aliphatic heterocycles. The molecule has 3 aromatic heterocycles. The Balaban J connectivity index is 0.000000426. The molecule has 0 spiro atoms. The van der Waals surface area contributed by atoms with Crippen LogP contribution in [0.25, 0.3) is 11.3 Å². The van der Waals surface area contributed by atoms with E-state index in [4.69, 9.17) is 14.6 Å². The van der Waals surface area contributed by atoms with E-state index in [-0.39, 0.29) is 0 Å². The highest BCUT2D eigenvalue weighted by molar-refractivity contribution is 7.14. The predicted molar refractivity (Wildman–Crippen MR) is 139 cm³/mol. The molecule has 0 saturated carbocycles. The first-order valence-electron chi connectivity index (χ1n) is 11.4. The van der Waals surface area contributed by atoms with E-state index in [1.54, 1.807) is 23.7 Å². The molecule has 0 bridgehead atoms. The van der Waals surface area contributed by atoms with Crippen molar-refractivity contribution in [2.75, 3.05) is 41.8 Å². The molecule has 0 amide bonds. The van der Waals surface area contributed by atoms with Crippen molar-refractivity contribution in [3.05, 3.63) is 72.5 Å². The summed E-state index contributed by atoms with van der Waals surface area (Å²) in [6, 6.07) is 16.2. The third kappa shape index (κ3) is 7.63. The lowest BCUT2D eigenvalue weighted by atomic mass is 10.2. The molecule has 4 heterocycles. The number of morpholine rings is 1. The zero-order chi connectivity index (χ0) is 27.0. The Kier molecular flexibility index (Phi) is 8.71. The van der Waals surface area contributed by atoms with Gasteiger partial charge in [-0.05, 0) is 42.5 Å². The Labute approximate surface area is 220 Å². The number of carboxylic acid groups (broad SMARTS) is 1. The standard InChI is InChI=1S/C23H22N6OS.C2HF3O2/c1-2-17(15-24-8-1)21-16-31-23(28-21)27-19-7-9-25-22(14-19)26-18-3-5-20(6-4-18)29-10-12-30-13-11-29;3-2(4,5)1(6)7/h1-9,14-16H,10-13H2,(H2,25,26,27,28);(H,6,7). The highest BCUT2D eigenvalue weighted by atomic mass is 32.1. The van der Waals surface area contributed by atoms with E-state index in [9.17, 15) is 13.2 Å². The predicted octanol–water partition coefficient (Wildman–Crippen LogP) is 5.56. The van der Waals surface area contributed by atoms with Crippen molar-refractivity contribution >= 4 is 45.3 Å². The topological polar surface area (TPSA) is 112 Å². The summed E-state index contributed by atoms with van der Waals surface area (Å²) in [5.41, 5.74) is 5.05. The monoisotopic (exact) mass is 544 g/mol. The normalized spacial score (nSPS) is 13.3. The lowest BCUT2D eigenvalue weighted by Gasteiger charge is -2.28. The number of halogens is 3. The average Bonchev–Trinajstić information content (AvgIpc) is 3.39. The zero-order valence-corrected chi connectivity index (χ0v) is 20.7. The second kappa shape index (κ2) is 12.3. The van der Waals surface area contributed by atoms with Crippen LogP contribution >= 0.6 is 11.3 Å². The van der Waals surface area contributed by atoms with Gasteiger partial charge in [0, 0.05) is 65.8 Å². The van der Waals surface area contributed by atoms with Crippen LogP contribution in [-0.2, 0) is 9.53 Å². The highest BCUT2D eigenvalue weighted by Gasteiger charge is 2.38. The smallest absolute Gasteiger partial charge is 0.475 e. The number of carboxylic acids is 1. The minimum atomic E-state index is -5.08. The quantitative estimate of drug-likeness (QED) is 0.287. The van der Waals surface area contributed by atoms with Crippen molar-refractivity contribution in [3.63, 3.8) is 0 Å². The fourth-order valence-corrected chi connectivity index (χ4v) is 4.14. The highest BCUT2D eigenvalue weighted by Crippen LogP contribution is 2.28. The van der Waals surface area contributed by atoms with Crippen LogP contribution in [-0.4, -0.2) is 58.5 Å². The summed E-state index contributed by atoms with van der Waals surface area (Å²) >= 11 is 1.56. The van der Waals surface area contributed by atoms with Gasteiger partial charge in [0.1, 0.15) is 5.82 Å². The molecule has 3 N–H and O–H groups in total. The molecular weight excluding hydrogens is 521 g/mol. The lowest BCUT2D eigenvalue weighted by molar-refractivity contribution is -0.192. The van der Waals surface area contributed by atoms with E-state index in [1.165, 1.54) is 5.69 Å². The van der Waals surface area contributed by atoms with Crippen molar-refractivity contribution < 1.29 is 27.8 Å². The average molecular weight is 545 g/mol. The number of pyridine rings is 2. The van der Waals surface area contributed by atoms with Gasteiger partial charge in [-0.1, -0.05) is 0 Å². The van der Waals surface area contributed by atoms with E-state index in [0.717, 1.165) is 59.9 Å². The van der Waals surface area contributed by atoms with Crippen molar-refractivity contribution in [1.82, 2.24) is 15.0 Å². The molecule has 5 rings (SSSR count). The van der Waals surface area contributed by atoms with Crippen LogP contribution in [0.15, 0.2) is 72.5 Å². The maximum absolute atomic E-state index is 10.6. The van der Waals surface area contributed by atoms with Gasteiger partial charge in [-0.2, -0.15) is 13.2 Å². The van der Waals surface area contributed by atoms with Gasteiger partial charge in [0.05, 0.1) is 18.9 Å². The molecule has 1 fully saturated rings. The summed E-state index contributed by atoms with van der Waals surface area (Å²) in [4.78, 5) is 24.5. The maximum Gasteiger partial charge on any atom is 0.490 e. The van der Waals surface area contributed by atoms with Crippen LogP contribution in [0.4, 0.5) is 41.2 Å². The molecule has 4 aromatic rings. The second-order valence-corrected chi connectivity index (χ2v) is 8.77. The minimum absolute atomic E-state index is 0.771. The second-order valence-electron chi connectivity index (χ2n) is 7.91. The van der Waals surface area contributed by atoms with E-state index in [0.29, 0.717) is 0 Å². The molecule has 0 atom stereocenters. The molecule has 198 valence electrons. The number of thiazole rings is 1. The summed E-state index contributed by atoms with van der Waals surface area (Å²) in [7, 11) is 0. The molecule has 13 heteroatoms. The fourth-order valence-electron chi connectivity index (χ4n) is 3.40. The van der Waals surface area contributed by atoms with Crippen molar-refractivity contribution in [3.8, 4) is 11.3 Å². The van der Waals surface area contributed by atoms with Crippen LogP contribution in [0, 0.1) is 0 Å². The number of nitrogens with zero attached hydrogens (tertiary/aromatic N) is 4. The third-order valence-electron chi connectivity index (χ3n) is 5.23. The zero-order valence-electron chi connectivity index (χ0n) is 19.9. The number of rotatable bonds is 6.